The van der Waals surface area contributed by atoms with Crippen LogP contribution in [0, 0.1) is 17.8 Å². The van der Waals surface area contributed by atoms with Gasteiger partial charge in [-0.25, -0.2) is 0 Å². The van der Waals surface area contributed by atoms with Gasteiger partial charge in [-0.2, -0.15) is 13.2 Å². The van der Waals surface area contributed by atoms with Gasteiger partial charge in [-0.3, -0.25) is 9.59 Å². The second-order valence-corrected chi connectivity index (χ2v) is 6.56. The van der Waals surface area contributed by atoms with Gasteiger partial charge < -0.3 is 14.4 Å². The molecule has 118 valence electrons. The van der Waals surface area contributed by atoms with Gasteiger partial charge in [0.05, 0.1) is 11.5 Å². The molecule has 3 aliphatic rings. The van der Waals surface area contributed by atoms with Crippen molar-refractivity contribution in [2.75, 3.05) is 13.1 Å². The van der Waals surface area contributed by atoms with E-state index in [1.165, 1.54) is 0 Å². The predicted octanol–water partition coefficient (Wildman–Crippen LogP) is 1.32. The fourth-order valence-electron chi connectivity index (χ4n) is 4.06. The topological polar surface area (TPSA) is 55.8 Å². The van der Waals surface area contributed by atoms with E-state index in [0.29, 0.717) is 0 Å². The second-order valence-electron chi connectivity index (χ2n) is 6.56. The number of alkyl halides is 3. The molecule has 4 atom stereocenters. The number of rotatable bonds is 0. The molecule has 0 N–H and O–H groups in total. The number of ether oxygens (including phenoxy) is 2. The van der Waals surface area contributed by atoms with E-state index in [1.807, 2.05) is 0 Å². The molecule has 0 radical (unpaired) electrons. The number of halogens is 3. The summed E-state index contributed by atoms with van der Waals surface area (Å²) >= 11 is 0. The molecule has 2 saturated heterocycles. The lowest BCUT2D eigenvalue weighted by molar-refractivity contribution is -0.350. The van der Waals surface area contributed by atoms with Crippen molar-refractivity contribution in [3.05, 3.63) is 0 Å². The van der Waals surface area contributed by atoms with Crippen LogP contribution in [-0.4, -0.2) is 47.4 Å². The highest BCUT2D eigenvalue weighted by molar-refractivity contribution is 5.83. The van der Waals surface area contributed by atoms with Gasteiger partial charge in [0.1, 0.15) is 0 Å². The largest absolute Gasteiger partial charge is 0.471 e. The quantitative estimate of drug-likeness (QED) is 0.633. The molecule has 1 aliphatic carbocycles. The third kappa shape index (κ3) is 1.95. The molecule has 8 heteroatoms. The molecule has 0 aromatic carbocycles. The zero-order chi connectivity index (χ0) is 15.8. The lowest BCUT2D eigenvalue weighted by Gasteiger charge is -2.60. The maximum atomic E-state index is 12.5. The van der Waals surface area contributed by atoms with E-state index < -0.39 is 35.4 Å². The van der Waals surface area contributed by atoms with Crippen molar-refractivity contribution in [2.24, 2.45) is 17.8 Å². The third-order valence-electron chi connectivity index (χ3n) is 4.74. The first kappa shape index (κ1) is 14.6. The number of amides is 1. The molecular formula is C13H16F3NO4. The van der Waals surface area contributed by atoms with E-state index in [4.69, 9.17) is 9.47 Å². The average Bonchev–Trinajstić information content (AvgIpc) is 2.65. The minimum atomic E-state index is -4.89. The number of cyclic esters (lactones) is 1. The zero-order valence-corrected chi connectivity index (χ0v) is 11.9. The molecule has 1 amide bonds. The summed E-state index contributed by atoms with van der Waals surface area (Å²) < 4.78 is 48.5. The Morgan fingerprint density at radius 1 is 1.29 bits per heavy atom. The van der Waals surface area contributed by atoms with Gasteiger partial charge >= 0.3 is 18.1 Å². The van der Waals surface area contributed by atoms with Crippen molar-refractivity contribution in [1.29, 1.82) is 0 Å². The van der Waals surface area contributed by atoms with Crippen LogP contribution in [0.25, 0.3) is 0 Å². The minimum absolute atomic E-state index is 0.0423. The number of likely N-dealkylation sites (tertiary alicyclic amines) is 1. The van der Waals surface area contributed by atoms with Crippen LogP contribution in [-0.2, 0) is 19.1 Å². The molecule has 3 fully saturated rings. The van der Waals surface area contributed by atoms with Crippen LogP contribution in [0.1, 0.15) is 20.8 Å². The molecule has 1 saturated carbocycles. The summed E-state index contributed by atoms with van der Waals surface area (Å²) in [4.78, 5) is 24.2. The molecule has 0 unspecified atom stereocenters. The van der Waals surface area contributed by atoms with E-state index in [0.717, 1.165) is 4.90 Å². The molecule has 0 bridgehead atoms. The summed E-state index contributed by atoms with van der Waals surface area (Å²) in [5, 5.41) is 0. The Kier molecular flexibility index (Phi) is 2.72. The third-order valence-corrected chi connectivity index (χ3v) is 4.74. The Balaban J connectivity index is 1.82. The maximum absolute atomic E-state index is 12.5. The van der Waals surface area contributed by atoms with Crippen LogP contribution < -0.4 is 0 Å². The van der Waals surface area contributed by atoms with Crippen LogP contribution in [0.4, 0.5) is 13.2 Å². The van der Waals surface area contributed by atoms with Gasteiger partial charge in [-0.15, -0.1) is 0 Å². The summed E-state index contributed by atoms with van der Waals surface area (Å²) in [6, 6.07) is 0. The lowest BCUT2D eigenvalue weighted by atomic mass is 9.55. The fourth-order valence-corrected chi connectivity index (χ4v) is 4.06. The van der Waals surface area contributed by atoms with Gasteiger partial charge in [0.15, 0.2) is 0 Å². The fraction of sp³-hybridized carbons (Fsp3) is 0.846. The van der Waals surface area contributed by atoms with Crippen LogP contribution in [0.15, 0.2) is 0 Å². The van der Waals surface area contributed by atoms with Crippen molar-refractivity contribution in [1.82, 2.24) is 4.90 Å². The summed E-state index contributed by atoms with van der Waals surface area (Å²) in [6.45, 7) is 4.77. The first-order valence-electron chi connectivity index (χ1n) is 6.75. The molecule has 2 aliphatic heterocycles. The Morgan fingerprint density at radius 2 is 1.90 bits per heavy atom. The van der Waals surface area contributed by atoms with Crippen LogP contribution in [0.3, 0.4) is 0 Å². The Bertz CT molecular complexity index is 518. The highest BCUT2D eigenvalue weighted by Gasteiger charge is 2.71. The van der Waals surface area contributed by atoms with Gasteiger partial charge in [-0.1, -0.05) is 0 Å². The highest BCUT2D eigenvalue weighted by Crippen LogP contribution is 2.59. The van der Waals surface area contributed by atoms with Crippen molar-refractivity contribution in [2.45, 2.75) is 38.3 Å². The summed E-state index contributed by atoms with van der Waals surface area (Å²) in [5.74, 6) is -4.64. The van der Waals surface area contributed by atoms with Crippen molar-refractivity contribution in [3.63, 3.8) is 0 Å². The molecule has 21 heavy (non-hydrogen) atoms. The molecule has 0 aromatic heterocycles. The Hall–Kier alpha value is -1.31. The lowest BCUT2D eigenvalue weighted by Crippen LogP contribution is -2.70. The van der Waals surface area contributed by atoms with E-state index in [2.05, 4.69) is 0 Å². The van der Waals surface area contributed by atoms with Crippen LogP contribution >= 0.6 is 0 Å². The first-order valence-corrected chi connectivity index (χ1v) is 6.75. The van der Waals surface area contributed by atoms with Gasteiger partial charge in [-0.05, 0) is 12.8 Å². The van der Waals surface area contributed by atoms with Crippen molar-refractivity contribution in [3.8, 4) is 0 Å². The maximum Gasteiger partial charge on any atom is 0.471 e. The summed E-state index contributed by atoms with van der Waals surface area (Å²) in [5.41, 5.74) is -0.871. The van der Waals surface area contributed by atoms with Crippen molar-refractivity contribution >= 4 is 11.9 Å². The smallest absolute Gasteiger partial charge is 0.433 e. The number of fused-ring (bicyclic) bond motifs is 4. The SMILES string of the molecule is CC1(C)OC(=O)[C@@H]2[C@@H]3CN(C(=O)C(F)(F)F)C[C@@H]3[C@]2(C)O1. The predicted molar refractivity (Wildman–Crippen MR) is 62.8 cm³/mol. The number of hydrogen-bond acceptors (Lipinski definition) is 4. The van der Waals surface area contributed by atoms with E-state index >= 15 is 0 Å². The summed E-state index contributed by atoms with van der Waals surface area (Å²) in [6.07, 6.45) is -4.89. The summed E-state index contributed by atoms with van der Waals surface area (Å²) in [7, 11) is 0. The van der Waals surface area contributed by atoms with Crippen molar-refractivity contribution < 1.29 is 32.2 Å². The normalized spacial score (nSPS) is 41.0. The molecule has 0 aromatic rings. The Labute approximate surface area is 119 Å². The van der Waals surface area contributed by atoms with Gasteiger partial charge in [0.25, 0.3) is 0 Å². The molecule has 5 nitrogen and oxygen atoms in total. The number of carbonyl (C=O) groups excluding carboxylic acids is 2. The minimum Gasteiger partial charge on any atom is -0.433 e. The molecule has 3 rings (SSSR count). The number of nitrogens with zero attached hydrogens (tertiary/aromatic N) is 1. The first-order chi connectivity index (χ1) is 9.46. The molecule has 0 spiro atoms. The second kappa shape index (κ2) is 3.91. The molecular weight excluding hydrogens is 291 g/mol. The molecule has 2 heterocycles. The number of carbonyl (C=O) groups is 2. The van der Waals surface area contributed by atoms with Crippen LogP contribution in [0.5, 0.6) is 0 Å². The zero-order valence-electron chi connectivity index (χ0n) is 11.9. The van der Waals surface area contributed by atoms with E-state index in [1.54, 1.807) is 20.8 Å². The van der Waals surface area contributed by atoms with E-state index in [9.17, 15) is 22.8 Å². The van der Waals surface area contributed by atoms with E-state index in [-0.39, 0.29) is 24.9 Å². The monoisotopic (exact) mass is 307 g/mol. The van der Waals surface area contributed by atoms with Crippen LogP contribution in [0.2, 0.25) is 0 Å². The average molecular weight is 307 g/mol. The van der Waals surface area contributed by atoms with Gasteiger partial charge in [0.2, 0.25) is 5.79 Å². The highest BCUT2D eigenvalue weighted by atomic mass is 19.4. The number of esters is 1. The Morgan fingerprint density at radius 3 is 2.48 bits per heavy atom. The number of hydrogen-bond donors (Lipinski definition) is 0. The van der Waals surface area contributed by atoms with Gasteiger partial charge in [0, 0.05) is 32.9 Å². The standard InChI is InChI=1S/C13H16F3NO4/c1-11(2)20-9(18)8-6-4-17(10(19)13(14,15)16)5-7(6)12(8,3)21-11/h6-8H,4-5H2,1-3H3/t6-,7+,8+,12+/m1/s1.